The first-order valence-electron chi connectivity index (χ1n) is 12.2. The van der Waals surface area contributed by atoms with Gasteiger partial charge in [-0.25, -0.2) is 13.4 Å². The topological polar surface area (TPSA) is 136 Å². The highest BCUT2D eigenvalue weighted by molar-refractivity contribution is 7.96. The molecule has 2 aliphatic heterocycles. The summed E-state index contributed by atoms with van der Waals surface area (Å²) < 4.78 is 32.9. The van der Waals surface area contributed by atoms with Gasteiger partial charge in [0.15, 0.2) is 14.7 Å². The van der Waals surface area contributed by atoms with Gasteiger partial charge in [-0.05, 0) is 50.8 Å². The summed E-state index contributed by atoms with van der Waals surface area (Å²) >= 11 is 0. The predicted octanol–water partition coefficient (Wildman–Crippen LogP) is 2.62. The van der Waals surface area contributed by atoms with Crippen molar-refractivity contribution in [2.45, 2.75) is 39.2 Å². The molecular weight excluding hydrogens is 496 g/mol. The molecule has 1 saturated heterocycles. The molecule has 0 aliphatic carbocycles. The molecule has 3 aromatic rings. The second-order valence-electron chi connectivity index (χ2n) is 9.29. The molecule has 1 aromatic carbocycles. The van der Waals surface area contributed by atoms with E-state index >= 15 is 0 Å². The Kier molecular flexibility index (Phi) is 6.67. The number of allylic oxidation sites excluding steroid dienone is 1. The maximum atomic E-state index is 13.5. The summed E-state index contributed by atoms with van der Waals surface area (Å²) in [5.74, 6) is -0.640. The van der Waals surface area contributed by atoms with Crippen molar-refractivity contribution in [3.8, 4) is 0 Å². The lowest BCUT2D eigenvalue weighted by atomic mass is 10.1. The Morgan fingerprint density at radius 3 is 2.73 bits per heavy atom. The Morgan fingerprint density at radius 1 is 1.14 bits per heavy atom. The number of carbonyl (C=O) groups is 2. The van der Waals surface area contributed by atoms with E-state index in [4.69, 9.17) is 9.72 Å². The Bertz CT molecular complexity index is 1500. The highest BCUT2D eigenvalue weighted by atomic mass is 32.2. The molecule has 0 radical (unpaired) electrons. The molecule has 12 heteroatoms. The van der Waals surface area contributed by atoms with Crippen LogP contribution in [-0.4, -0.2) is 70.3 Å². The minimum Gasteiger partial charge on any atom is -0.496 e. The van der Waals surface area contributed by atoms with Gasteiger partial charge < -0.3 is 14.2 Å². The zero-order valence-corrected chi connectivity index (χ0v) is 21.5. The summed E-state index contributed by atoms with van der Waals surface area (Å²) in [4.78, 5) is 32.5. The van der Waals surface area contributed by atoms with Crippen LogP contribution in [0.25, 0.3) is 11.0 Å². The van der Waals surface area contributed by atoms with Gasteiger partial charge in [0.2, 0.25) is 5.95 Å². The largest absolute Gasteiger partial charge is 0.496 e. The number of aryl methyl sites for hydroxylation is 1. The van der Waals surface area contributed by atoms with Crippen LogP contribution >= 0.6 is 0 Å². The molecule has 37 heavy (non-hydrogen) atoms. The summed E-state index contributed by atoms with van der Waals surface area (Å²) in [6.45, 7) is 4.23. The van der Waals surface area contributed by atoms with Gasteiger partial charge in [-0.2, -0.15) is 10.2 Å². The zero-order valence-electron chi connectivity index (χ0n) is 20.7. The Hall–Kier alpha value is -3.80. The summed E-state index contributed by atoms with van der Waals surface area (Å²) in [5, 5.41) is 10.4. The first-order valence-corrected chi connectivity index (χ1v) is 13.8. The van der Waals surface area contributed by atoms with E-state index in [-0.39, 0.29) is 41.5 Å². The number of hydrogen-bond acceptors (Lipinski definition) is 8. The number of imidazole rings is 1. The standard InChI is InChI=1S/C25H28N6O5S/c1-16-6-5-8-20-21(16)31(25(28-20)29-23(32)18-9-10-26-27-14-18)19-7-3-4-11-30(15-19)24(33)22-17(2)36-12-13-37(22,34)35/h5-6,8-10,14,19H,3-4,7,11-13,15H2,1-2H3,(H,28,29,32)/t19-/m1/s1. The Morgan fingerprint density at radius 2 is 1.97 bits per heavy atom. The third kappa shape index (κ3) is 4.80. The third-order valence-electron chi connectivity index (χ3n) is 6.78. The minimum absolute atomic E-state index is 0.0456. The number of likely N-dealkylation sites (tertiary alicyclic amines) is 1. The fourth-order valence-corrected chi connectivity index (χ4v) is 6.40. The fraction of sp³-hybridized carbons (Fsp3) is 0.400. The Balaban J connectivity index is 1.53. The molecule has 0 unspecified atom stereocenters. The molecule has 2 aromatic heterocycles. The molecule has 0 bridgehead atoms. The average molecular weight is 525 g/mol. The van der Waals surface area contributed by atoms with Crippen molar-refractivity contribution in [3.05, 3.63) is 58.5 Å². The quantitative estimate of drug-likeness (QED) is 0.550. The molecule has 2 amide bonds. The SMILES string of the molecule is CC1=C(C(=O)N2CCCC[C@@H](n3c(NC(=O)c4ccnnc4)nc4cccc(C)c43)C2)S(=O)(=O)CCO1. The van der Waals surface area contributed by atoms with E-state index < -0.39 is 15.7 Å². The zero-order chi connectivity index (χ0) is 26.2. The van der Waals surface area contributed by atoms with E-state index in [9.17, 15) is 18.0 Å². The van der Waals surface area contributed by atoms with Crippen molar-refractivity contribution >= 4 is 38.6 Å². The number of aromatic nitrogens is 4. The second-order valence-corrected chi connectivity index (χ2v) is 11.3. The third-order valence-corrected chi connectivity index (χ3v) is 8.57. The van der Waals surface area contributed by atoms with Crippen molar-refractivity contribution in [1.29, 1.82) is 0 Å². The lowest BCUT2D eigenvalue weighted by Gasteiger charge is -2.29. The predicted molar refractivity (Wildman–Crippen MR) is 136 cm³/mol. The molecule has 0 spiro atoms. The number of anilines is 1. The number of sulfone groups is 1. The minimum atomic E-state index is -3.72. The van der Waals surface area contributed by atoms with Gasteiger partial charge in [0, 0.05) is 13.1 Å². The fourth-order valence-electron chi connectivity index (χ4n) is 5.00. The monoisotopic (exact) mass is 524 g/mol. The summed E-state index contributed by atoms with van der Waals surface area (Å²) in [5.41, 5.74) is 2.88. The molecular formula is C25H28N6O5S. The number of nitrogens with one attached hydrogen (secondary N) is 1. The van der Waals surface area contributed by atoms with Crippen LogP contribution in [0, 0.1) is 6.92 Å². The number of para-hydroxylation sites is 1. The smallest absolute Gasteiger partial charge is 0.268 e. The molecule has 1 atom stereocenters. The van der Waals surface area contributed by atoms with Crippen LogP contribution in [0.15, 0.2) is 47.3 Å². The normalized spacial score (nSPS) is 19.8. The summed E-state index contributed by atoms with van der Waals surface area (Å²) in [6.07, 6.45) is 5.10. The number of nitrogens with zero attached hydrogens (tertiary/aromatic N) is 5. The summed E-state index contributed by atoms with van der Waals surface area (Å²) in [7, 11) is -3.72. The van der Waals surface area contributed by atoms with E-state index in [0.29, 0.717) is 23.6 Å². The number of rotatable bonds is 4. The molecule has 194 valence electrons. The number of amides is 2. The second kappa shape index (κ2) is 9.92. The highest BCUT2D eigenvalue weighted by Gasteiger charge is 2.37. The molecule has 4 heterocycles. The number of fused-ring (bicyclic) bond motifs is 1. The Labute approximate surface area is 214 Å². The molecule has 1 N–H and O–H groups in total. The van der Waals surface area contributed by atoms with Gasteiger partial charge in [0.1, 0.15) is 12.4 Å². The summed E-state index contributed by atoms with van der Waals surface area (Å²) in [6, 6.07) is 7.08. The van der Waals surface area contributed by atoms with Gasteiger partial charge >= 0.3 is 0 Å². The van der Waals surface area contributed by atoms with Gasteiger partial charge in [0.25, 0.3) is 11.8 Å². The molecule has 5 rings (SSSR count). The number of carbonyl (C=O) groups excluding carboxylic acids is 2. The number of ether oxygens (including phenoxy) is 1. The van der Waals surface area contributed by atoms with Crippen LogP contribution in [0.5, 0.6) is 0 Å². The van der Waals surface area contributed by atoms with E-state index in [2.05, 4.69) is 15.5 Å². The van der Waals surface area contributed by atoms with Crippen molar-refractivity contribution in [1.82, 2.24) is 24.6 Å². The van der Waals surface area contributed by atoms with Crippen molar-refractivity contribution in [2.75, 3.05) is 30.8 Å². The molecule has 2 aliphatic rings. The van der Waals surface area contributed by atoms with Gasteiger partial charge in [-0.3, -0.25) is 14.9 Å². The first kappa shape index (κ1) is 24.9. The maximum Gasteiger partial charge on any atom is 0.268 e. The van der Waals surface area contributed by atoms with Crippen LogP contribution in [0.2, 0.25) is 0 Å². The lowest BCUT2D eigenvalue weighted by Crippen LogP contribution is -2.40. The maximum absolute atomic E-state index is 13.5. The van der Waals surface area contributed by atoms with Crippen LogP contribution in [-0.2, 0) is 19.4 Å². The lowest BCUT2D eigenvalue weighted by molar-refractivity contribution is -0.127. The van der Waals surface area contributed by atoms with Gasteiger partial charge in [-0.1, -0.05) is 12.1 Å². The van der Waals surface area contributed by atoms with Crippen molar-refractivity contribution < 1.29 is 22.7 Å². The number of benzene rings is 1. The van der Waals surface area contributed by atoms with Gasteiger partial charge in [-0.15, -0.1) is 0 Å². The molecule has 11 nitrogen and oxygen atoms in total. The molecule has 0 saturated carbocycles. The van der Waals surface area contributed by atoms with Crippen LogP contribution in [0.1, 0.15) is 48.1 Å². The van der Waals surface area contributed by atoms with E-state index in [1.54, 1.807) is 11.0 Å². The number of hydrogen-bond donors (Lipinski definition) is 1. The van der Waals surface area contributed by atoms with Crippen molar-refractivity contribution in [3.63, 3.8) is 0 Å². The average Bonchev–Trinajstić information content (AvgIpc) is 3.06. The highest BCUT2D eigenvalue weighted by Crippen LogP contribution is 2.33. The van der Waals surface area contributed by atoms with E-state index in [1.165, 1.54) is 19.3 Å². The van der Waals surface area contributed by atoms with Crippen LogP contribution in [0.3, 0.4) is 0 Å². The van der Waals surface area contributed by atoms with Crippen LogP contribution in [0.4, 0.5) is 5.95 Å². The van der Waals surface area contributed by atoms with E-state index in [1.807, 2.05) is 29.7 Å². The van der Waals surface area contributed by atoms with Crippen molar-refractivity contribution in [2.24, 2.45) is 0 Å². The van der Waals surface area contributed by atoms with E-state index in [0.717, 1.165) is 30.3 Å². The molecule has 1 fully saturated rings. The van der Waals surface area contributed by atoms with Crippen LogP contribution < -0.4 is 5.32 Å². The first-order chi connectivity index (χ1) is 17.8. The van der Waals surface area contributed by atoms with Gasteiger partial charge in [0.05, 0.1) is 40.8 Å².